The minimum absolute atomic E-state index is 0.0220. The summed E-state index contributed by atoms with van der Waals surface area (Å²) in [6.45, 7) is 3.76. The fourth-order valence-electron chi connectivity index (χ4n) is 6.08. The van der Waals surface area contributed by atoms with E-state index in [4.69, 9.17) is 24.4 Å². The molecule has 4 heterocycles. The van der Waals surface area contributed by atoms with E-state index in [0.29, 0.717) is 22.8 Å². The Hall–Kier alpha value is -5.04. The zero-order chi connectivity index (χ0) is 38.8. The molecule has 0 saturated carbocycles. The summed E-state index contributed by atoms with van der Waals surface area (Å²) in [4.78, 5) is 82.0. The molecular formula is C36H36N8O6S4. The Balaban J connectivity index is 1.02. The van der Waals surface area contributed by atoms with Crippen LogP contribution in [0.25, 0.3) is 11.4 Å². The number of amides is 4. The van der Waals surface area contributed by atoms with Gasteiger partial charge in [0, 0.05) is 40.0 Å². The highest BCUT2D eigenvalue weighted by Crippen LogP contribution is 2.42. The monoisotopic (exact) mass is 804 g/mol. The van der Waals surface area contributed by atoms with Crippen molar-refractivity contribution in [2.24, 2.45) is 14.1 Å². The third kappa shape index (κ3) is 7.51. The lowest BCUT2D eigenvalue weighted by molar-refractivity contribution is -0.124. The van der Waals surface area contributed by atoms with Gasteiger partial charge in [-0.05, 0) is 51.0 Å². The second-order valence-corrected chi connectivity index (χ2v) is 15.8. The van der Waals surface area contributed by atoms with Crippen LogP contribution in [0.2, 0.25) is 0 Å². The van der Waals surface area contributed by atoms with Crippen LogP contribution in [0, 0.1) is 13.8 Å². The number of benzene rings is 2. The van der Waals surface area contributed by atoms with Crippen molar-refractivity contribution in [3.8, 4) is 11.4 Å². The van der Waals surface area contributed by atoms with Crippen molar-refractivity contribution in [2.45, 2.75) is 39.5 Å². The van der Waals surface area contributed by atoms with Gasteiger partial charge in [-0.15, -0.1) is 0 Å². The fraction of sp³-hybridized carbons (Fsp3) is 0.278. The van der Waals surface area contributed by atoms with E-state index in [1.54, 1.807) is 61.6 Å². The maximum atomic E-state index is 13.4. The lowest BCUT2D eigenvalue weighted by Crippen LogP contribution is -2.31. The molecule has 0 bridgehead atoms. The molecule has 2 N–H and O–H groups in total. The lowest BCUT2D eigenvalue weighted by Gasteiger charge is -2.14. The molecule has 2 fully saturated rings. The van der Waals surface area contributed by atoms with Crippen LogP contribution in [0.3, 0.4) is 0 Å². The van der Waals surface area contributed by atoms with Crippen LogP contribution in [-0.4, -0.2) is 73.9 Å². The Morgan fingerprint density at radius 2 is 0.963 bits per heavy atom. The van der Waals surface area contributed by atoms with Crippen molar-refractivity contribution < 1.29 is 19.2 Å². The summed E-state index contributed by atoms with van der Waals surface area (Å²) in [6.07, 6.45) is 0.564. The maximum absolute atomic E-state index is 13.4. The minimum Gasteiger partial charge on any atom is -0.320 e. The minimum atomic E-state index is -0.450. The van der Waals surface area contributed by atoms with E-state index < -0.39 is 11.8 Å². The summed E-state index contributed by atoms with van der Waals surface area (Å²) in [5, 5.41) is 5.45. The molecule has 2 saturated heterocycles. The molecule has 0 atom stereocenters. The van der Waals surface area contributed by atoms with Gasteiger partial charge in [-0.25, -0.2) is 9.36 Å². The van der Waals surface area contributed by atoms with Gasteiger partial charge < -0.3 is 10.6 Å². The number of carbonyl (C=O) groups is 4. The zero-order valence-electron chi connectivity index (χ0n) is 29.8. The van der Waals surface area contributed by atoms with Gasteiger partial charge in [0.1, 0.15) is 20.0 Å². The molecule has 0 spiro atoms. The molecule has 0 unspecified atom stereocenters. The molecule has 54 heavy (non-hydrogen) atoms. The van der Waals surface area contributed by atoms with Crippen LogP contribution in [0.15, 0.2) is 80.1 Å². The van der Waals surface area contributed by atoms with Gasteiger partial charge in [0.15, 0.2) is 0 Å². The average Bonchev–Trinajstić information content (AvgIpc) is 3.75. The van der Waals surface area contributed by atoms with Gasteiger partial charge in [-0.1, -0.05) is 84.4 Å². The summed E-state index contributed by atoms with van der Waals surface area (Å²) in [7, 11) is 3.47. The number of hydrogen-bond acceptors (Lipinski definition) is 10. The average molecular weight is 805 g/mol. The van der Waals surface area contributed by atoms with Crippen molar-refractivity contribution >= 4 is 91.6 Å². The van der Waals surface area contributed by atoms with Crippen molar-refractivity contribution in [2.75, 3.05) is 23.7 Å². The number of nitrogens with one attached hydrogen (secondary N) is 2. The first kappa shape index (κ1) is 38.7. The molecule has 2 aromatic carbocycles. The van der Waals surface area contributed by atoms with Gasteiger partial charge in [-0.2, -0.15) is 0 Å². The largest absolute Gasteiger partial charge is 0.320 e. The van der Waals surface area contributed by atoms with Crippen LogP contribution in [0.5, 0.6) is 0 Å². The number of aromatic nitrogens is 4. The molecule has 280 valence electrons. The Labute approximate surface area is 329 Å². The number of nitrogens with zero attached hydrogens (tertiary/aromatic N) is 6. The molecule has 0 radical (unpaired) electrons. The first-order chi connectivity index (χ1) is 25.8. The lowest BCUT2D eigenvalue weighted by atomic mass is 10.2. The number of para-hydroxylation sites is 2. The summed E-state index contributed by atoms with van der Waals surface area (Å²) in [6, 6.07) is 18.2. The standard InChI is InChI=1S/C36H36N8O6S4/c1-21-27(31(47)43(39(21)3)23-13-7-5-8-14-23)37-25(45)17-11-19-41-33(49)29(53-35(41)51)30-34(50)42(36(52)54-30)20-12-18-26(46)38-28-22(2)40(4)44(32(28)48)24-15-9-6-10-16-24/h5-10,13-16H,11-12,17-20H2,1-4H3,(H,37,45)(H,38,46). The summed E-state index contributed by atoms with van der Waals surface area (Å²) < 4.78 is 6.80. The summed E-state index contributed by atoms with van der Waals surface area (Å²) in [5.41, 5.74) is 2.15. The number of rotatable bonds is 12. The van der Waals surface area contributed by atoms with E-state index in [1.165, 1.54) is 19.2 Å². The highest BCUT2D eigenvalue weighted by Gasteiger charge is 2.41. The number of anilines is 2. The van der Waals surface area contributed by atoms with E-state index in [9.17, 15) is 28.8 Å². The van der Waals surface area contributed by atoms with E-state index >= 15 is 0 Å². The number of thioether (sulfide) groups is 2. The molecule has 18 heteroatoms. The molecular weight excluding hydrogens is 769 g/mol. The molecule has 2 aliphatic heterocycles. The molecule has 4 amide bonds. The van der Waals surface area contributed by atoms with Crippen LogP contribution in [0.1, 0.15) is 37.1 Å². The third-order valence-corrected chi connectivity index (χ3v) is 12.1. The van der Waals surface area contributed by atoms with Crippen LogP contribution < -0.4 is 21.8 Å². The normalized spacial score (nSPS) is 15.9. The van der Waals surface area contributed by atoms with Gasteiger partial charge in [0.2, 0.25) is 11.8 Å². The van der Waals surface area contributed by atoms with Gasteiger partial charge in [-0.3, -0.25) is 47.9 Å². The second-order valence-electron chi connectivity index (χ2n) is 12.5. The van der Waals surface area contributed by atoms with Crippen LogP contribution in [0.4, 0.5) is 11.4 Å². The van der Waals surface area contributed by atoms with Crippen LogP contribution >= 0.6 is 48.0 Å². The molecule has 14 nitrogen and oxygen atoms in total. The highest BCUT2D eigenvalue weighted by atomic mass is 32.2. The second kappa shape index (κ2) is 16.1. The van der Waals surface area contributed by atoms with E-state index in [-0.39, 0.29) is 91.5 Å². The van der Waals surface area contributed by atoms with Crippen molar-refractivity contribution in [1.82, 2.24) is 28.5 Å². The fourth-order valence-corrected chi connectivity index (χ4v) is 8.85. The Morgan fingerprint density at radius 3 is 1.31 bits per heavy atom. The predicted molar refractivity (Wildman–Crippen MR) is 218 cm³/mol. The quantitative estimate of drug-likeness (QED) is 0.156. The summed E-state index contributed by atoms with van der Waals surface area (Å²) >= 11 is 12.9. The van der Waals surface area contributed by atoms with E-state index in [0.717, 1.165) is 23.5 Å². The molecule has 2 aromatic heterocycles. The van der Waals surface area contributed by atoms with Crippen molar-refractivity contribution in [3.05, 3.63) is 103 Å². The van der Waals surface area contributed by atoms with Gasteiger partial charge in [0.05, 0.1) is 32.6 Å². The summed E-state index contributed by atoms with van der Waals surface area (Å²) in [5.74, 6) is -1.67. The predicted octanol–water partition coefficient (Wildman–Crippen LogP) is 4.35. The topological polar surface area (TPSA) is 153 Å². The van der Waals surface area contributed by atoms with E-state index in [2.05, 4.69) is 10.6 Å². The Morgan fingerprint density at radius 1 is 0.611 bits per heavy atom. The smallest absolute Gasteiger partial charge is 0.295 e. The molecule has 2 aliphatic rings. The molecule has 6 rings (SSSR count). The molecule has 4 aromatic rings. The first-order valence-corrected chi connectivity index (χ1v) is 19.3. The highest BCUT2D eigenvalue weighted by molar-refractivity contribution is 8.29. The number of thiocarbonyl (C=S) groups is 2. The number of hydrogen-bond donors (Lipinski definition) is 2. The van der Waals surface area contributed by atoms with E-state index in [1.807, 2.05) is 36.4 Å². The Kier molecular flexibility index (Phi) is 11.6. The number of carbonyl (C=O) groups excluding carboxylic acids is 4. The van der Waals surface area contributed by atoms with Crippen molar-refractivity contribution in [3.63, 3.8) is 0 Å². The SMILES string of the molecule is Cc1c(NC(=O)CCCN2C(=O)C(=C3SC(=S)N(CCCC(=O)Nc4c(C)n(C)n(-c5ccccc5)c4=O)C3=O)SC2=S)c(=O)n(-c2ccccc2)n1C. The molecule has 0 aliphatic carbocycles. The maximum Gasteiger partial charge on any atom is 0.295 e. The first-order valence-electron chi connectivity index (χ1n) is 16.9. The zero-order valence-corrected chi connectivity index (χ0v) is 33.0. The van der Waals surface area contributed by atoms with Gasteiger partial charge in [0.25, 0.3) is 22.9 Å². The Bertz CT molecular complexity index is 2200. The third-order valence-electron chi connectivity index (χ3n) is 9.11. The van der Waals surface area contributed by atoms with Crippen molar-refractivity contribution in [1.29, 1.82) is 0 Å². The van der Waals surface area contributed by atoms with Gasteiger partial charge >= 0.3 is 0 Å². The van der Waals surface area contributed by atoms with Crippen LogP contribution in [-0.2, 0) is 33.3 Å².